The number of rotatable bonds is 2. The Hall–Kier alpha value is -0.785. The van der Waals surface area contributed by atoms with Gasteiger partial charge >= 0.3 is 0 Å². The fourth-order valence-electron chi connectivity index (χ4n) is 0.881. The Bertz CT molecular complexity index is 218. The van der Waals surface area contributed by atoms with E-state index in [-0.39, 0.29) is 5.41 Å². The summed E-state index contributed by atoms with van der Waals surface area (Å²) in [6.07, 6.45) is 3.85. The fourth-order valence-corrected chi connectivity index (χ4v) is 0.881. The van der Waals surface area contributed by atoms with Gasteiger partial charge in [-0.05, 0) is 6.92 Å². The molecule has 0 aromatic carbocycles. The van der Waals surface area contributed by atoms with Gasteiger partial charge in [0.2, 0.25) is 0 Å². The summed E-state index contributed by atoms with van der Waals surface area (Å²) in [5.74, 6) is 0. The molecule has 0 fully saturated rings. The van der Waals surface area contributed by atoms with Crippen LogP contribution >= 0.6 is 0 Å². The minimum absolute atomic E-state index is 0.126. The van der Waals surface area contributed by atoms with Crippen LogP contribution < -0.4 is 0 Å². The van der Waals surface area contributed by atoms with E-state index in [1.54, 1.807) is 6.21 Å². The second-order valence-electron chi connectivity index (χ2n) is 4.03. The minimum Gasteiger partial charge on any atom is -0.262 e. The van der Waals surface area contributed by atoms with Crippen molar-refractivity contribution in [3.05, 3.63) is 23.8 Å². The van der Waals surface area contributed by atoms with Gasteiger partial charge in [0.25, 0.3) is 0 Å². The van der Waals surface area contributed by atoms with Gasteiger partial charge in [-0.2, -0.15) is 0 Å². The van der Waals surface area contributed by atoms with Crippen molar-refractivity contribution in [1.82, 2.24) is 0 Å². The third kappa shape index (κ3) is 4.17. The molecule has 0 amide bonds. The van der Waals surface area contributed by atoms with Gasteiger partial charge in [0.05, 0.1) is 0 Å². The second kappa shape index (κ2) is 4.29. The van der Waals surface area contributed by atoms with E-state index in [1.807, 2.05) is 20.8 Å². The van der Waals surface area contributed by atoms with Crippen LogP contribution in [0.3, 0.4) is 0 Å². The molecule has 0 unspecified atom stereocenters. The third-order valence-electron chi connectivity index (χ3n) is 1.47. The summed E-state index contributed by atoms with van der Waals surface area (Å²) in [4.78, 5) is 4.35. The molecule has 0 aliphatic carbocycles. The van der Waals surface area contributed by atoms with E-state index in [9.17, 15) is 0 Å². The van der Waals surface area contributed by atoms with Crippen LogP contribution in [0.15, 0.2) is 28.8 Å². The SMILES string of the molecule is BC(=C)/C=N\C(=C/C)C(C)(C)C. The molecule has 0 saturated heterocycles. The van der Waals surface area contributed by atoms with Gasteiger partial charge in [0, 0.05) is 17.3 Å². The monoisotopic (exact) mass is 163 g/mol. The quantitative estimate of drug-likeness (QED) is 0.437. The smallest absolute Gasteiger partial charge is 0.140 e. The highest BCUT2D eigenvalue weighted by atomic mass is 14.7. The van der Waals surface area contributed by atoms with Gasteiger partial charge in [-0.15, -0.1) is 6.58 Å². The Morgan fingerprint density at radius 3 is 2.17 bits per heavy atom. The average Bonchev–Trinajstić information content (AvgIpc) is 1.85. The molecule has 0 spiro atoms. The highest BCUT2D eigenvalue weighted by molar-refractivity contribution is 6.32. The molecule has 0 atom stereocenters. The van der Waals surface area contributed by atoms with E-state index in [1.165, 1.54) is 0 Å². The van der Waals surface area contributed by atoms with Crippen LogP contribution in [0.25, 0.3) is 0 Å². The van der Waals surface area contributed by atoms with Gasteiger partial charge in [0.15, 0.2) is 0 Å². The van der Waals surface area contributed by atoms with Crippen molar-refractivity contribution in [2.24, 2.45) is 10.4 Å². The normalized spacial score (nSPS) is 13.8. The number of hydrogen-bond acceptors (Lipinski definition) is 1. The zero-order valence-corrected chi connectivity index (χ0v) is 8.81. The summed E-state index contributed by atoms with van der Waals surface area (Å²) in [6, 6.07) is 0. The van der Waals surface area contributed by atoms with E-state index in [2.05, 4.69) is 32.3 Å². The number of aliphatic imine (C=N–C) groups is 1. The van der Waals surface area contributed by atoms with Crippen LogP contribution in [0.2, 0.25) is 0 Å². The number of nitrogens with zero attached hydrogens (tertiary/aromatic N) is 1. The summed E-state index contributed by atoms with van der Waals surface area (Å²) in [5, 5.41) is 0. The van der Waals surface area contributed by atoms with Crippen molar-refractivity contribution in [2.45, 2.75) is 27.7 Å². The van der Waals surface area contributed by atoms with E-state index < -0.39 is 0 Å². The van der Waals surface area contributed by atoms with Crippen LogP contribution in [-0.2, 0) is 0 Å². The molecule has 0 N–H and O–H groups in total. The van der Waals surface area contributed by atoms with E-state index in [0.29, 0.717) is 0 Å². The molecule has 0 heterocycles. The molecule has 12 heavy (non-hydrogen) atoms. The van der Waals surface area contributed by atoms with Crippen molar-refractivity contribution >= 4 is 14.1 Å². The Morgan fingerprint density at radius 1 is 1.42 bits per heavy atom. The van der Waals surface area contributed by atoms with E-state index in [4.69, 9.17) is 0 Å². The molecule has 0 aliphatic rings. The van der Waals surface area contributed by atoms with E-state index in [0.717, 1.165) is 11.2 Å². The molecule has 0 bridgehead atoms. The second-order valence-corrected chi connectivity index (χ2v) is 4.03. The van der Waals surface area contributed by atoms with Crippen molar-refractivity contribution in [3.8, 4) is 0 Å². The molecule has 0 aromatic rings. The van der Waals surface area contributed by atoms with E-state index >= 15 is 0 Å². The predicted molar refractivity (Wildman–Crippen MR) is 59.4 cm³/mol. The summed E-state index contributed by atoms with van der Waals surface area (Å²) in [7, 11) is 1.94. The average molecular weight is 163 g/mol. The molecule has 0 rings (SSSR count). The summed E-state index contributed by atoms with van der Waals surface area (Å²) in [5.41, 5.74) is 2.21. The van der Waals surface area contributed by atoms with Gasteiger partial charge < -0.3 is 0 Å². The topological polar surface area (TPSA) is 12.4 Å². The van der Waals surface area contributed by atoms with Gasteiger partial charge in [-0.25, -0.2) is 0 Å². The van der Waals surface area contributed by atoms with Crippen LogP contribution in [0.1, 0.15) is 27.7 Å². The summed E-state index contributed by atoms with van der Waals surface area (Å²) in [6.45, 7) is 12.2. The minimum atomic E-state index is 0.126. The Kier molecular flexibility index (Phi) is 4.01. The van der Waals surface area contributed by atoms with Crippen LogP contribution in [0.4, 0.5) is 0 Å². The van der Waals surface area contributed by atoms with Crippen LogP contribution in [-0.4, -0.2) is 14.1 Å². The van der Waals surface area contributed by atoms with Crippen molar-refractivity contribution in [2.75, 3.05) is 0 Å². The fraction of sp³-hybridized carbons (Fsp3) is 0.500. The highest BCUT2D eigenvalue weighted by Gasteiger charge is 2.14. The van der Waals surface area contributed by atoms with Crippen molar-refractivity contribution in [3.63, 3.8) is 0 Å². The lowest BCUT2D eigenvalue weighted by atomic mass is 9.91. The first-order valence-electron chi connectivity index (χ1n) is 4.24. The Balaban J connectivity index is 4.53. The predicted octanol–water partition coefficient (Wildman–Crippen LogP) is 2.15. The highest BCUT2D eigenvalue weighted by Crippen LogP contribution is 2.25. The van der Waals surface area contributed by atoms with Crippen molar-refractivity contribution in [1.29, 1.82) is 0 Å². The standard InChI is InChI=1S/C10H18BN/c1-6-9(10(3,4)5)12-7-8(2)11/h6-7H,2,11H2,1,3-5H3/b9-6-,12-7-. The maximum absolute atomic E-state index is 4.35. The molecule has 0 radical (unpaired) electrons. The van der Waals surface area contributed by atoms with Crippen LogP contribution in [0, 0.1) is 5.41 Å². The lowest BCUT2D eigenvalue weighted by Gasteiger charge is -2.18. The molecular weight excluding hydrogens is 145 g/mol. The third-order valence-corrected chi connectivity index (χ3v) is 1.47. The first-order valence-corrected chi connectivity index (χ1v) is 4.24. The Morgan fingerprint density at radius 2 is 1.92 bits per heavy atom. The molecular formula is C10H18BN. The van der Waals surface area contributed by atoms with Gasteiger partial charge in [-0.3, -0.25) is 4.99 Å². The lowest BCUT2D eigenvalue weighted by Crippen LogP contribution is -2.07. The van der Waals surface area contributed by atoms with Crippen molar-refractivity contribution < 1.29 is 0 Å². The maximum atomic E-state index is 4.35. The maximum Gasteiger partial charge on any atom is 0.140 e. The molecule has 1 nitrogen and oxygen atoms in total. The van der Waals surface area contributed by atoms with Gasteiger partial charge in [-0.1, -0.05) is 32.3 Å². The molecule has 2 heteroatoms. The number of hydrogen-bond donors (Lipinski definition) is 0. The zero-order valence-electron chi connectivity index (χ0n) is 8.81. The first kappa shape index (κ1) is 11.2. The van der Waals surface area contributed by atoms with Crippen LogP contribution in [0.5, 0.6) is 0 Å². The molecule has 66 valence electrons. The molecule has 0 saturated carbocycles. The Labute approximate surface area is 76.7 Å². The zero-order chi connectivity index (χ0) is 9.78. The largest absolute Gasteiger partial charge is 0.262 e. The summed E-state index contributed by atoms with van der Waals surface area (Å²) < 4.78 is 0. The summed E-state index contributed by atoms with van der Waals surface area (Å²) >= 11 is 0. The first-order chi connectivity index (χ1) is 5.38. The lowest BCUT2D eigenvalue weighted by molar-refractivity contribution is 0.498. The molecule has 0 aromatic heterocycles. The van der Waals surface area contributed by atoms with Gasteiger partial charge in [0.1, 0.15) is 7.85 Å². The molecule has 0 aliphatic heterocycles. The number of allylic oxidation sites excluding steroid dienone is 3.